The first-order valence-electron chi connectivity index (χ1n) is 11.6. The van der Waals surface area contributed by atoms with E-state index in [-0.39, 0.29) is 5.91 Å². The van der Waals surface area contributed by atoms with Crippen LogP contribution in [0.3, 0.4) is 0 Å². The third-order valence-corrected chi connectivity index (χ3v) is 7.29. The molecule has 8 nitrogen and oxygen atoms in total. The van der Waals surface area contributed by atoms with Gasteiger partial charge in [0.05, 0.1) is 0 Å². The highest BCUT2D eigenvalue weighted by Gasteiger charge is 2.45. The molecule has 1 aromatic heterocycles. The van der Waals surface area contributed by atoms with Crippen LogP contribution in [0.4, 0.5) is 5.69 Å². The topological polar surface area (TPSA) is 111 Å². The highest BCUT2D eigenvalue weighted by atomic mass is 32.1. The first-order chi connectivity index (χ1) is 17.1. The Morgan fingerprint density at radius 2 is 1.64 bits per heavy atom. The van der Waals surface area contributed by atoms with E-state index < -0.39 is 17.5 Å². The second kappa shape index (κ2) is 11.9. The summed E-state index contributed by atoms with van der Waals surface area (Å²) in [5, 5.41) is 17.9. The number of carbonyl (C=O) groups is 3. The Bertz CT molecular complexity index is 1190. The van der Waals surface area contributed by atoms with Crippen molar-refractivity contribution in [3.05, 3.63) is 81.8 Å². The van der Waals surface area contributed by atoms with Crippen molar-refractivity contribution in [2.45, 2.75) is 45.7 Å². The van der Waals surface area contributed by atoms with E-state index in [4.69, 9.17) is 24.8 Å². The molecule has 0 unspecified atom stereocenters. The number of nitrogens with zero attached hydrogens (tertiary/aromatic N) is 3. The monoisotopic (exact) mass is 509 g/mol. The van der Waals surface area contributed by atoms with Crippen LogP contribution < -0.4 is 4.90 Å². The van der Waals surface area contributed by atoms with Gasteiger partial charge in [-0.25, -0.2) is 14.6 Å². The van der Waals surface area contributed by atoms with Crippen molar-refractivity contribution in [3.63, 3.8) is 0 Å². The Kier molecular flexibility index (Phi) is 8.95. The summed E-state index contributed by atoms with van der Waals surface area (Å²) in [5.74, 6) is -3.57. The number of aryl methyl sites for hydroxylation is 2. The lowest BCUT2D eigenvalue weighted by Crippen LogP contribution is -2.55. The van der Waals surface area contributed by atoms with Crippen LogP contribution in [0.25, 0.3) is 0 Å². The largest absolute Gasteiger partial charge is 0.473 e. The number of likely N-dealkylation sites (tertiary alicyclic amines) is 1. The molecule has 36 heavy (non-hydrogen) atoms. The Morgan fingerprint density at radius 3 is 2.14 bits per heavy atom. The van der Waals surface area contributed by atoms with Gasteiger partial charge in [-0.2, -0.15) is 0 Å². The van der Waals surface area contributed by atoms with E-state index >= 15 is 0 Å². The van der Waals surface area contributed by atoms with E-state index in [0.717, 1.165) is 54.4 Å². The quantitative estimate of drug-likeness (QED) is 0.489. The molecule has 0 radical (unpaired) electrons. The molecule has 0 spiro atoms. The molecule has 0 saturated carbocycles. The second-order valence-electron chi connectivity index (χ2n) is 8.89. The summed E-state index contributed by atoms with van der Waals surface area (Å²) in [5.41, 5.74) is 4.08. The fraction of sp³-hybridized carbons (Fsp3) is 0.333. The van der Waals surface area contributed by atoms with Gasteiger partial charge >= 0.3 is 11.9 Å². The van der Waals surface area contributed by atoms with Gasteiger partial charge in [0, 0.05) is 43.3 Å². The predicted molar refractivity (Wildman–Crippen MR) is 139 cm³/mol. The first-order valence-corrected chi connectivity index (χ1v) is 12.5. The van der Waals surface area contributed by atoms with E-state index in [1.54, 1.807) is 18.3 Å². The predicted octanol–water partition coefficient (Wildman–Crippen LogP) is 4.46. The molecule has 1 saturated heterocycles. The molecule has 9 heteroatoms. The highest BCUT2D eigenvalue weighted by molar-refractivity contribution is 7.09. The zero-order valence-electron chi connectivity index (χ0n) is 20.7. The van der Waals surface area contributed by atoms with Crippen molar-refractivity contribution < 1.29 is 24.6 Å². The summed E-state index contributed by atoms with van der Waals surface area (Å²) >= 11 is 1.68. The summed E-state index contributed by atoms with van der Waals surface area (Å²) in [6, 6.07) is 18.9. The van der Waals surface area contributed by atoms with Crippen LogP contribution in [-0.4, -0.2) is 51.0 Å². The molecule has 1 fully saturated rings. The minimum absolute atomic E-state index is 0.0740. The Labute approximate surface area is 214 Å². The zero-order valence-corrected chi connectivity index (χ0v) is 21.5. The molecule has 2 heterocycles. The van der Waals surface area contributed by atoms with Crippen molar-refractivity contribution in [1.29, 1.82) is 0 Å². The van der Waals surface area contributed by atoms with Crippen LogP contribution in [0.2, 0.25) is 0 Å². The van der Waals surface area contributed by atoms with Gasteiger partial charge in [-0.05, 0) is 49.9 Å². The Morgan fingerprint density at radius 1 is 1.00 bits per heavy atom. The number of hydrogen-bond donors (Lipinski definition) is 2. The molecule has 0 aliphatic carbocycles. The van der Waals surface area contributed by atoms with E-state index in [0.29, 0.717) is 0 Å². The van der Waals surface area contributed by atoms with Crippen LogP contribution in [0.5, 0.6) is 0 Å². The summed E-state index contributed by atoms with van der Waals surface area (Å²) in [6.07, 6.45) is 1.75. The number of carbonyl (C=O) groups excluding carboxylic acids is 1. The molecule has 2 N–H and O–H groups in total. The smallest absolute Gasteiger partial charge is 0.414 e. The number of benzene rings is 2. The van der Waals surface area contributed by atoms with E-state index in [1.165, 1.54) is 5.56 Å². The molecule has 1 aliphatic rings. The van der Waals surface area contributed by atoms with Gasteiger partial charge in [-0.3, -0.25) is 14.6 Å². The number of rotatable bonds is 5. The van der Waals surface area contributed by atoms with Crippen molar-refractivity contribution in [3.8, 4) is 0 Å². The average molecular weight is 510 g/mol. The maximum Gasteiger partial charge on any atom is 0.414 e. The van der Waals surface area contributed by atoms with Crippen molar-refractivity contribution >= 4 is 34.9 Å². The molecule has 190 valence electrons. The maximum absolute atomic E-state index is 13.0. The minimum Gasteiger partial charge on any atom is -0.473 e. The molecule has 2 aromatic carbocycles. The minimum atomic E-state index is -1.82. The normalized spacial score (nSPS) is 14.9. The zero-order chi connectivity index (χ0) is 26.3. The van der Waals surface area contributed by atoms with Crippen molar-refractivity contribution in [2.75, 3.05) is 18.0 Å². The third kappa shape index (κ3) is 6.56. The summed E-state index contributed by atoms with van der Waals surface area (Å²) in [4.78, 5) is 40.6. The van der Waals surface area contributed by atoms with Gasteiger partial charge in [0.15, 0.2) is 0 Å². The number of carboxylic acid groups (broad SMARTS) is 2. The van der Waals surface area contributed by atoms with Gasteiger partial charge in [-0.1, -0.05) is 42.5 Å². The molecule has 1 aliphatic heterocycles. The van der Waals surface area contributed by atoms with Crippen LogP contribution in [0, 0.1) is 13.8 Å². The van der Waals surface area contributed by atoms with Crippen molar-refractivity contribution in [2.24, 2.45) is 0 Å². The summed E-state index contributed by atoms with van der Waals surface area (Å²) in [7, 11) is 0. The molecular weight excluding hydrogens is 478 g/mol. The Hall–Kier alpha value is -3.56. The molecule has 4 rings (SSSR count). The highest BCUT2D eigenvalue weighted by Crippen LogP contribution is 2.43. The number of aromatic nitrogens is 1. The second-order valence-corrected chi connectivity index (χ2v) is 9.75. The lowest BCUT2D eigenvalue weighted by molar-refractivity contribution is -0.159. The van der Waals surface area contributed by atoms with Crippen LogP contribution in [0.1, 0.15) is 41.6 Å². The Balaban J connectivity index is 0.000000538. The summed E-state index contributed by atoms with van der Waals surface area (Å²) < 4.78 is 0. The number of anilines is 1. The van der Waals surface area contributed by atoms with Gasteiger partial charge in [0.25, 0.3) is 0 Å². The fourth-order valence-electron chi connectivity index (χ4n) is 4.52. The first kappa shape index (κ1) is 27.0. The maximum atomic E-state index is 13.0. The van der Waals surface area contributed by atoms with Crippen LogP contribution in [0.15, 0.2) is 60.0 Å². The lowest BCUT2D eigenvalue weighted by Gasteiger charge is -2.47. The standard InChI is InChI=1S/C25H29N3OS.C2H2O4/c1-19-8-7-11-23(16-19)28(21(3)29)25(24-26-20(2)18-30-24)12-14-27(15-13-25)17-22-9-5-4-6-10-22;3-1(4)2(5)6/h4-11,16,18H,12-15,17H2,1-3H3;(H,3,4)(H,5,6). The van der Waals surface area contributed by atoms with Gasteiger partial charge in [-0.15, -0.1) is 11.3 Å². The number of aliphatic carboxylic acids is 2. The molecule has 1 amide bonds. The average Bonchev–Trinajstić information content (AvgIpc) is 3.28. The molecular formula is C27H31N3O5S. The van der Waals surface area contributed by atoms with Crippen LogP contribution in [-0.2, 0) is 26.5 Å². The number of carboxylic acids is 2. The SMILES string of the molecule is CC(=O)N(c1cccc(C)c1)C1(c2nc(C)cs2)CCN(Cc2ccccc2)CC1.O=C(O)C(=O)O. The fourth-order valence-corrected chi connectivity index (χ4v) is 5.57. The van der Waals surface area contributed by atoms with Crippen LogP contribution >= 0.6 is 11.3 Å². The number of piperidine rings is 1. The number of amides is 1. The lowest BCUT2D eigenvalue weighted by atomic mass is 9.85. The molecule has 0 atom stereocenters. The molecule has 0 bridgehead atoms. The molecule has 3 aromatic rings. The van der Waals surface area contributed by atoms with Crippen molar-refractivity contribution in [1.82, 2.24) is 9.88 Å². The van der Waals surface area contributed by atoms with Gasteiger partial charge in [0.1, 0.15) is 10.5 Å². The summed E-state index contributed by atoms with van der Waals surface area (Å²) in [6.45, 7) is 8.60. The third-order valence-electron chi connectivity index (χ3n) is 6.14. The number of thiazole rings is 1. The van der Waals surface area contributed by atoms with E-state index in [1.807, 2.05) is 24.0 Å². The number of hydrogen-bond acceptors (Lipinski definition) is 6. The van der Waals surface area contributed by atoms with Gasteiger partial charge in [0.2, 0.25) is 5.91 Å². The van der Waals surface area contributed by atoms with E-state index in [9.17, 15) is 4.79 Å². The van der Waals surface area contributed by atoms with Gasteiger partial charge < -0.3 is 10.2 Å². The van der Waals surface area contributed by atoms with E-state index in [2.05, 4.69) is 59.7 Å².